The Morgan fingerprint density at radius 1 is 1.33 bits per heavy atom. The average Bonchev–Trinajstić information content (AvgIpc) is 3.19. The Balaban J connectivity index is 1.47. The molecule has 1 aliphatic heterocycles. The molecule has 30 heavy (non-hydrogen) atoms. The van der Waals surface area contributed by atoms with E-state index in [0.717, 1.165) is 25.9 Å². The lowest BCUT2D eigenvalue weighted by Crippen LogP contribution is -2.35. The molecule has 0 radical (unpaired) electrons. The number of pyridine rings is 2. The van der Waals surface area contributed by atoms with E-state index in [9.17, 15) is 9.59 Å². The van der Waals surface area contributed by atoms with E-state index in [-0.39, 0.29) is 17.6 Å². The molecule has 1 saturated heterocycles. The van der Waals surface area contributed by atoms with Crippen molar-refractivity contribution in [2.24, 2.45) is 0 Å². The van der Waals surface area contributed by atoms with Crippen LogP contribution in [-0.2, 0) is 4.74 Å². The van der Waals surface area contributed by atoms with E-state index in [0.29, 0.717) is 34.9 Å². The summed E-state index contributed by atoms with van der Waals surface area (Å²) in [7, 11) is 1.52. The summed E-state index contributed by atoms with van der Waals surface area (Å²) in [6, 6.07) is 6.68. The van der Waals surface area contributed by atoms with E-state index in [1.807, 2.05) is 0 Å². The van der Waals surface area contributed by atoms with Crippen molar-refractivity contribution in [2.45, 2.75) is 25.4 Å². The predicted molar refractivity (Wildman–Crippen MR) is 110 cm³/mol. The van der Waals surface area contributed by atoms with Crippen LogP contribution in [0, 0.1) is 0 Å². The molecule has 3 aromatic heterocycles. The first-order valence-electron chi connectivity index (χ1n) is 9.83. The number of ether oxygens (including phenoxy) is 2. The Labute approximate surface area is 173 Å². The molecule has 9 heteroatoms. The number of methoxy groups -OCH3 is 1. The summed E-state index contributed by atoms with van der Waals surface area (Å²) in [4.78, 5) is 33.5. The van der Waals surface area contributed by atoms with Gasteiger partial charge in [0.2, 0.25) is 5.88 Å². The number of carbonyl (C=O) groups excluding carboxylic acids is 1. The number of hydrogen-bond donors (Lipinski definition) is 2. The van der Waals surface area contributed by atoms with Crippen molar-refractivity contribution < 1.29 is 14.3 Å². The SMILES string of the molecule is COc1cc(-c2c[nH]n(-c3ccc(C(=O)NCC4CCCCO4)cn3)c2=O)ccn1. The third-order valence-corrected chi connectivity index (χ3v) is 5.03. The molecule has 1 unspecified atom stereocenters. The van der Waals surface area contributed by atoms with Gasteiger partial charge in [0, 0.05) is 37.8 Å². The third-order valence-electron chi connectivity index (χ3n) is 5.03. The number of hydrogen-bond acceptors (Lipinski definition) is 6. The second-order valence-corrected chi connectivity index (χ2v) is 7.02. The van der Waals surface area contributed by atoms with Crippen molar-refractivity contribution in [3.8, 4) is 22.8 Å². The number of H-pyrrole nitrogens is 1. The van der Waals surface area contributed by atoms with Crippen LogP contribution < -0.4 is 15.6 Å². The second kappa shape index (κ2) is 8.91. The molecular weight excluding hydrogens is 386 g/mol. The van der Waals surface area contributed by atoms with Gasteiger partial charge in [-0.3, -0.25) is 14.7 Å². The summed E-state index contributed by atoms with van der Waals surface area (Å²) in [5.41, 5.74) is 1.31. The lowest BCUT2D eigenvalue weighted by Gasteiger charge is -2.22. The number of rotatable bonds is 6. The van der Waals surface area contributed by atoms with E-state index in [2.05, 4.69) is 20.4 Å². The first-order valence-corrected chi connectivity index (χ1v) is 9.83. The number of aromatic nitrogens is 4. The van der Waals surface area contributed by atoms with Crippen molar-refractivity contribution >= 4 is 5.91 Å². The highest BCUT2D eigenvalue weighted by atomic mass is 16.5. The molecule has 3 aromatic rings. The highest BCUT2D eigenvalue weighted by molar-refractivity contribution is 5.93. The lowest BCUT2D eigenvalue weighted by atomic mass is 10.1. The van der Waals surface area contributed by atoms with Crippen LogP contribution in [-0.4, -0.2) is 52.0 Å². The Kier molecular flexibility index (Phi) is 5.89. The fraction of sp³-hybridized carbons (Fsp3) is 0.333. The molecule has 1 fully saturated rings. The lowest BCUT2D eigenvalue weighted by molar-refractivity contribution is 0.0169. The van der Waals surface area contributed by atoms with E-state index >= 15 is 0 Å². The number of amides is 1. The van der Waals surface area contributed by atoms with Crippen LogP contribution in [0.5, 0.6) is 5.88 Å². The Morgan fingerprint density at radius 3 is 2.97 bits per heavy atom. The maximum absolute atomic E-state index is 12.8. The second-order valence-electron chi connectivity index (χ2n) is 7.02. The fourth-order valence-corrected chi connectivity index (χ4v) is 3.37. The molecule has 4 heterocycles. The minimum absolute atomic E-state index is 0.0673. The number of aromatic amines is 1. The highest BCUT2D eigenvalue weighted by Crippen LogP contribution is 2.19. The van der Waals surface area contributed by atoms with E-state index in [1.165, 1.54) is 18.0 Å². The Morgan fingerprint density at radius 2 is 2.23 bits per heavy atom. The molecule has 1 atom stereocenters. The van der Waals surface area contributed by atoms with Crippen molar-refractivity contribution in [2.75, 3.05) is 20.3 Å². The van der Waals surface area contributed by atoms with Gasteiger partial charge < -0.3 is 14.8 Å². The van der Waals surface area contributed by atoms with Gasteiger partial charge in [-0.15, -0.1) is 0 Å². The standard InChI is InChI=1S/C21H23N5O4/c1-29-19-10-14(7-8-22-19)17-13-25-26(21(17)28)18-6-5-15(11-23-18)20(27)24-12-16-4-2-3-9-30-16/h5-8,10-11,13,16,25H,2-4,9,12H2,1H3,(H,24,27). The van der Waals surface area contributed by atoms with E-state index < -0.39 is 0 Å². The fourth-order valence-electron chi connectivity index (χ4n) is 3.37. The molecule has 156 valence electrons. The summed E-state index contributed by atoms with van der Waals surface area (Å²) >= 11 is 0. The molecular formula is C21H23N5O4. The zero-order valence-corrected chi connectivity index (χ0v) is 16.6. The van der Waals surface area contributed by atoms with Gasteiger partial charge in [0.1, 0.15) is 0 Å². The molecule has 1 aliphatic rings. The first kappa shape index (κ1) is 19.8. The van der Waals surface area contributed by atoms with Gasteiger partial charge in [-0.05, 0) is 43.0 Å². The first-order chi connectivity index (χ1) is 14.7. The Bertz CT molecular complexity index is 1070. The molecule has 4 rings (SSSR count). The predicted octanol–water partition coefficient (Wildman–Crippen LogP) is 1.93. The number of nitrogens with one attached hydrogen (secondary N) is 2. The van der Waals surface area contributed by atoms with Gasteiger partial charge in [-0.2, -0.15) is 0 Å². The van der Waals surface area contributed by atoms with Crippen molar-refractivity contribution in [1.29, 1.82) is 0 Å². The number of nitrogens with zero attached hydrogens (tertiary/aromatic N) is 3. The molecule has 0 spiro atoms. The van der Waals surface area contributed by atoms with Crippen LogP contribution in [0.15, 0.2) is 47.7 Å². The van der Waals surface area contributed by atoms with Gasteiger partial charge in [-0.1, -0.05) is 0 Å². The quantitative estimate of drug-likeness (QED) is 0.644. The molecule has 0 bridgehead atoms. The molecule has 2 N–H and O–H groups in total. The molecule has 0 aromatic carbocycles. The number of carbonyl (C=O) groups is 1. The monoisotopic (exact) mass is 409 g/mol. The molecule has 0 saturated carbocycles. The largest absolute Gasteiger partial charge is 0.481 e. The molecule has 1 amide bonds. The van der Waals surface area contributed by atoms with Gasteiger partial charge in [-0.25, -0.2) is 14.6 Å². The smallest absolute Gasteiger partial charge is 0.280 e. The van der Waals surface area contributed by atoms with Gasteiger partial charge in [0.25, 0.3) is 11.5 Å². The zero-order valence-electron chi connectivity index (χ0n) is 16.6. The van der Waals surface area contributed by atoms with E-state index in [1.54, 1.807) is 36.7 Å². The summed E-state index contributed by atoms with van der Waals surface area (Å²) in [6.45, 7) is 1.23. The van der Waals surface area contributed by atoms with Crippen molar-refractivity contribution in [1.82, 2.24) is 25.1 Å². The van der Waals surface area contributed by atoms with E-state index in [4.69, 9.17) is 9.47 Å². The van der Waals surface area contributed by atoms with Crippen LogP contribution in [0.1, 0.15) is 29.6 Å². The van der Waals surface area contributed by atoms with Crippen molar-refractivity contribution in [3.63, 3.8) is 0 Å². The summed E-state index contributed by atoms with van der Waals surface area (Å²) < 4.78 is 12.1. The summed E-state index contributed by atoms with van der Waals surface area (Å²) in [5, 5.41) is 5.78. The minimum Gasteiger partial charge on any atom is -0.481 e. The third kappa shape index (κ3) is 4.25. The minimum atomic E-state index is -0.262. The summed E-state index contributed by atoms with van der Waals surface area (Å²) in [5.74, 6) is 0.595. The Hall–Kier alpha value is -3.46. The normalized spacial score (nSPS) is 16.2. The average molecular weight is 409 g/mol. The topological polar surface area (TPSA) is 111 Å². The van der Waals surface area contributed by atoms with Gasteiger partial charge >= 0.3 is 0 Å². The van der Waals surface area contributed by atoms with Crippen molar-refractivity contribution in [3.05, 3.63) is 58.8 Å². The maximum atomic E-state index is 12.8. The summed E-state index contributed by atoms with van der Waals surface area (Å²) in [6.07, 6.45) is 7.85. The van der Waals surface area contributed by atoms with Crippen LogP contribution in [0.4, 0.5) is 0 Å². The van der Waals surface area contributed by atoms with Crippen LogP contribution >= 0.6 is 0 Å². The molecule has 9 nitrogen and oxygen atoms in total. The molecule has 0 aliphatic carbocycles. The highest BCUT2D eigenvalue weighted by Gasteiger charge is 2.16. The van der Waals surface area contributed by atoms with Gasteiger partial charge in [0.15, 0.2) is 5.82 Å². The maximum Gasteiger partial charge on any atom is 0.280 e. The van der Waals surface area contributed by atoms with Crippen LogP contribution in [0.2, 0.25) is 0 Å². The van der Waals surface area contributed by atoms with Gasteiger partial charge in [0.05, 0.1) is 24.3 Å². The van der Waals surface area contributed by atoms with Crippen LogP contribution in [0.3, 0.4) is 0 Å². The van der Waals surface area contributed by atoms with Crippen LogP contribution in [0.25, 0.3) is 16.9 Å². The zero-order chi connectivity index (χ0) is 20.9.